The number of amides is 2. The Kier molecular flexibility index (Phi) is 6.69. The lowest BCUT2D eigenvalue weighted by Gasteiger charge is -2.34. The first-order valence-corrected chi connectivity index (χ1v) is 9.69. The van der Waals surface area contributed by atoms with E-state index in [1.54, 1.807) is 17.9 Å². The summed E-state index contributed by atoms with van der Waals surface area (Å²) >= 11 is 5.94. The van der Waals surface area contributed by atoms with Gasteiger partial charge in [0, 0.05) is 19.1 Å². The second-order valence-corrected chi connectivity index (χ2v) is 7.29. The zero-order valence-corrected chi connectivity index (χ0v) is 16.6. The summed E-state index contributed by atoms with van der Waals surface area (Å²) in [6.07, 6.45) is 0.314. The molecule has 0 saturated carbocycles. The predicted octanol–water partition coefficient (Wildman–Crippen LogP) is 3.81. The van der Waals surface area contributed by atoms with Gasteiger partial charge in [-0.25, -0.2) is 8.78 Å². The summed E-state index contributed by atoms with van der Waals surface area (Å²) in [6, 6.07) is 9.38. The van der Waals surface area contributed by atoms with Gasteiger partial charge in [0.05, 0.1) is 10.6 Å². The Hall–Kier alpha value is -2.67. The van der Waals surface area contributed by atoms with Crippen LogP contribution in [-0.2, 0) is 4.79 Å². The molecule has 1 aliphatic rings. The van der Waals surface area contributed by atoms with E-state index in [0.29, 0.717) is 25.9 Å². The molecule has 8 heteroatoms. The Labute approximate surface area is 172 Å². The lowest BCUT2D eigenvalue weighted by atomic mass is 10.0. The van der Waals surface area contributed by atoms with E-state index in [0.717, 1.165) is 6.07 Å². The standard InChI is InChI=1S/C21H21ClF2N2O3/c1-13(29-19-7-6-14(23)12-17(19)22)21(28)26-10-8-15(9-11-26)25-20(27)16-4-2-3-5-18(16)24/h2-7,12-13,15H,8-11H2,1H3,(H,25,27). The van der Waals surface area contributed by atoms with Gasteiger partial charge >= 0.3 is 0 Å². The lowest BCUT2D eigenvalue weighted by molar-refractivity contribution is -0.139. The number of carbonyl (C=O) groups is 2. The summed E-state index contributed by atoms with van der Waals surface area (Å²) < 4.78 is 32.4. The Morgan fingerprint density at radius 2 is 1.86 bits per heavy atom. The molecule has 1 N–H and O–H groups in total. The molecule has 0 bridgehead atoms. The van der Waals surface area contributed by atoms with Crippen molar-refractivity contribution in [2.75, 3.05) is 13.1 Å². The fraction of sp³-hybridized carbons (Fsp3) is 0.333. The Balaban J connectivity index is 1.51. The fourth-order valence-electron chi connectivity index (χ4n) is 3.22. The minimum atomic E-state index is -0.789. The number of carbonyl (C=O) groups excluding carboxylic acids is 2. The SMILES string of the molecule is CC(Oc1ccc(F)cc1Cl)C(=O)N1CCC(NC(=O)c2ccccc2F)CC1. The highest BCUT2D eigenvalue weighted by Crippen LogP contribution is 2.26. The average molecular weight is 423 g/mol. The molecule has 1 heterocycles. The van der Waals surface area contributed by atoms with Gasteiger partial charge in [0.15, 0.2) is 6.10 Å². The van der Waals surface area contributed by atoms with Crippen molar-refractivity contribution in [3.8, 4) is 5.75 Å². The van der Waals surface area contributed by atoms with Gasteiger partial charge in [0.2, 0.25) is 0 Å². The van der Waals surface area contributed by atoms with E-state index in [2.05, 4.69) is 5.32 Å². The number of likely N-dealkylation sites (tertiary alicyclic amines) is 1. The van der Waals surface area contributed by atoms with Gasteiger partial charge in [-0.2, -0.15) is 0 Å². The normalized spacial score (nSPS) is 15.7. The molecule has 154 valence electrons. The third-order valence-electron chi connectivity index (χ3n) is 4.81. The summed E-state index contributed by atoms with van der Waals surface area (Å²) in [5.74, 6) is -1.50. The maximum Gasteiger partial charge on any atom is 0.263 e. The van der Waals surface area contributed by atoms with Crippen LogP contribution in [0.5, 0.6) is 5.75 Å². The molecular weight excluding hydrogens is 402 g/mol. The molecule has 1 fully saturated rings. The van der Waals surface area contributed by atoms with Crippen LogP contribution in [0.2, 0.25) is 5.02 Å². The van der Waals surface area contributed by atoms with Crippen LogP contribution < -0.4 is 10.1 Å². The molecule has 0 spiro atoms. The first-order valence-electron chi connectivity index (χ1n) is 9.31. The maximum absolute atomic E-state index is 13.7. The lowest BCUT2D eigenvalue weighted by Crippen LogP contribution is -2.49. The van der Waals surface area contributed by atoms with E-state index in [1.807, 2.05) is 0 Å². The Morgan fingerprint density at radius 1 is 1.17 bits per heavy atom. The van der Waals surface area contributed by atoms with Crippen molar-refractivity contribution in [3.63, 3.8) is 0 Å². The van der Waals surface area contributed by atoms with Gasteiger partial charge in [0.1, 0.15) is 17.4 Å². The molecule has 1 atom stereocenters. The molecule has 1 saturated heterocycles. The first kappa shape index (κ1) is 21.0. The summed E-state index contributed by atoms with van der Waals surface area (Å²) in [4.78, 5) is 26.5. The number of benzene rings is 2. The number of rotatable bonds is 5. The Morgan fingerprint density at radius 3 is 2.52 bits per heavy atom. The summed E-state index contributed by atoms with van der Waals surface area (Å²) in [7, 11) is 0. The highest BCUT2D eigenvalue weighted by Gasteiger charge is 2.28. The molecule has 3 rings (SSSR count). The van der Waals surface area contributed by atoms with E-state index in [9.17, 15) is 18.4 Å². The van der Waals surface area contributed by atoms with Crippen LogP contribution in [0.3, 0.4) is 0 Å². The molecular formula is C21H21ClF2N2O3. The van der Waals surface area contributed by atoms with Crippen LogP contribution in [0.25, 0.3) is 0 Å². The van der Waals surface area contributed by atoms with Crippen LogP contribution in [0, 0.1) is 11.6 Å². The monoisotopic (exact) mass is 422 g/mol. The van der Waals surface area contributed by atoms with E-state index in [1.165, 1.54) is 30.3 Å². The van der Waals surface area contributed by atoms with Crippen molar-refractivity contribution in [2.45, 2.75) is 31.9 Å². The predicted molar refractivity (Wildman–Crippen MR) is 105 cm³/mol. The number of nitrogens with zero attached hydrogens (tertiary/aromatic N) is 1. The van der Waals surface area contributed by atoms with Crippen LogP contribution in [-0.4, -0.2) is 41.9 Å². The van der Waals surface area contributed by atoms with Crippen LogP contribution >= 0.6 is 11.6 Å². The molecule has 0 radical (unpaired) electrons. The van der Waals surface area contributed by atoms with Crippen LogP contribution in [0.15, 0.2) is 42.5 Å². The number of ether oxygens (including phenoxy) is 1. The molecule has 5 nitrogen and oxygen atoms in total. The molecule has 0 aromatic heterocycles. The van der Waals surface area contributed by atoms with E-state index in [4.69, 9.17) is 16.3 Å². The summed E-state index contributed by atoms with van der Waals surface area (Å²) in [5.41, 5.74) is 0.00389. The molecule has 2 amide bonds. The van der Waals surface area contributed by atoms with Crippen molar-refractivity contribution in [1.82, 2.24) is 10.2 Å². The van der Waals surface area contributed by atoms with Crippen molar-refractivity contribution in [3.05, 3.63) is 64.7 Å². The smallest absolute Gasteiger partial charge is 0.263 e. The summed E-state index contributed by atoms with van der Waals surface area (Å²) in [6.45, 7) is 2.48. The third kappa shape index (κ3) is 5.23. The van der Waals surface area contributed by atoms with Crippen molar-refractivity contribution in [2.24, 2.45) is 0 Å². The molecule has 2 aromatic rings. The van der Waals surface area contributed by atoms with E-state index in [-0.39, 0.29) is 28.3 Å². The minimum Gasteiger partial charge on any atom is -0.479 e. The van der Waals surface area contributed by atoms with Crippen LogP contribution in [0.1, 0.15) is 30.1 Å². The average Bonchev–Trinajstić information content (AvgIpc) is 2.70. The molecule has 0 aliphatic carbocycles. The molecule has 1 aliphatic heterocycles. The zero-order chi connectivity index (χ0) is 21.0. The number of hydrogen-bond donors (Lipinski definition) is 1. The number of halogens is 3. The fourth-order valence-corrected chi connectivity index (χ4v) is 3.43. The quantitative estimate of drug-likeness (QED) is 0.797. The van der Waals surface area contributed by atoms with E-state index >= 15 is 0 Å². The van der Waals surface area contributed by atoms with Gasteiger partial charge in [-0.05, 0) is 50.1 Å². The van der Waals surface area contributed by atoms with Gasteiger partial charge < -0.3 is 15.0 Å². The molecule has 29 heavy (non-hydrogen) atoms. The Bertz CT molecular complexity index is 901. The van der Waals surface area contributed by atoms with Gasteiger partial charge in [-0.3, -0.25) is 9.59 Å². The van der Waals surface area contributed by atoms with Crippen molar-refractivity contribution in [1.29, 1.82) is 0 Å². The van der Waals surface area contributed by atoms with Gasteiger partial charge in [-0.1, -0.05) is 23.7 Å². The van der Waals surface area contributed by atoms with Gasteiger partial charge in [-0.15, -0.1) is 0 Å². The second-order valence-electron chi connectivity index (χ2n) is 6.89. The van der Waals surface area contributed by atoms with Crippen molar-refractivity contribution >= 4 is 23.4 Å². The number of hydrogen-bond acceptors (Lipinski definition) is 3. The maximum atomic E-state index is 13.7. The van der Waals surface area contributed by atoms with E-state index < -0.39 is 23.6 Å². The highest BCUT2D eigenvalue weighted by molar-refractivity contribution is 6.32. The van der Waals surface area contributed by atoms with Crippen LogP contribution in [0.4, 0.5) is 8.78 Å². The topological polar surface area (TPSA) is 58.6 Å². The molecule has 2 aromatic carbocycles. The van der Waals surface area contributed by atoms with Gasteiger partial charge in [0.25, 0.3) is 11.8 Å². The number of nitrogens with one attached hydrogen (secondary N) is 1. The number of piperidine rings is 1. The molecule has 1 unspecified atom stereocenters. The summed E-state index contributed by atoms with van der Waals surface area (Å²) in [5, 5.41) is 2.91. The van der Waals surface area contributed by atoms with Crippen molar-refractivity contribution < 1.29 is 23.1 Å². The second kappa shape index (κ2) is 9.22. The third-order valence-corrected chi connectivity index (χ3v) is 5.10. The minimum absolute atomic E-state index is 0.00389. The highest BCUT2D eigenvalue weighted by atomic mass is 35.5. The largest absolute Gasteiger partial charge is 0.479 e. The first-order chi connectivity index (χ1) is 13.8. The zero-order valence-electron chi connectivity index (χ0n) is 15.8.